The Morgan fingerprint density at radius 1 is 1.50 bits per heavy atom. The normalized spacial score (nSPS) is 15.0. The third-order valence-electron chi connectivity index (χ3n) is 4.46. The minimum Gasteiger partial charge on any atom is -0.364 e. The molecule has 0 saturated heterocycles. The van der Waals surface area contributed by atoms with Crippen LogP contribution in [0.4, 0.5) is 0 Å². The molecule has 0 atom stereocenters. The topological polar surface area (TPSA) is 49.0 Å². The maximum absolute atomic E-state index is 13.0. The molecule has 4 nitrogen and oxygen atoms in total. The molecule has 1 fully saturated rings. The number of carbonyl (C=O) groups is 1. The molecule has 0 aromatic carbocycles. The van der Waals surface area contributed by atoms with E-state index in [9.17, 15) is 4.79 Å². The zero-order valence-electron chi connectivity index (χ0n) is 13.2. The summed E-state index contributed by atoms with van der Waals surface area (Å²) in [5, 5.41) is 3.07. The maximum Gasteiger partial charge on any atom is 0.255 e. The van der Waals surface area contributed by atoms with Gasteiger partial charge in [-0.05, 0) is 38.7 Å². The highest BCUT2D eigenvalue weighted by Crippen LogP contribution is 2.37. The molecule has 5 heteroatoms. The summed E-state index contributed by atoms with van der Waals surface area (Å²) < 4.78 is 0. The van der Waals surface area contributed by atoms with Crippen LogP contribution in [0, 0.1) is 0 Å². The minimum atomic E-state index is 0.148. The van der Waals surface area contributed by atoms with Crippen molar-refractivity contribution in [3.8, 4) is 0 Å². The zero-order valence-corrected chi connectivity index (χ0v) is 14.0. The molecule has 0 bridgehead atoms. The Kier molecular flexibility index (Phi) is 4.62. The second-order valence-electron chi connectivity index (χ2n) is 6.20. The number of rotatable bonds is 6. The molecular weight excluding hydrogens is 294 g/mol. The van der Waals surface area contributed by atoms with Crippen LogP contribution in [0.5, 0.6) is 0 Å². The summed E-state index contributed by atoms with van der Waals surface area (Å²) in [7, 11) is 0. The Bertz CT molecular complexity index is 614. The van der Waals surface area contributed by atoms with Gasteiger partial charge in [-0.25, -0.2) is 4.98 Å². The molecule has 118 valence electrons. The van der Waals surface area contributed by atoms with Gasteiger partial charge in [0.05, 0.1) is 10.6 Å². The van der Waals surface area contributed by atoms with Crippen molar-refractivity contribution in [2.24, 2.45) is 0 Å². The highest BCUT2D eigenvalue weighted by atomic mass is 32.1. The van der Waals surface area contributed by atoms with Crippen LogP contribution in [-0.4, -0.2) is 33.4 Å². The van der Waals surface area contributed by atoms with E-state index in [0.29, 0.717) is 5.92 Å². The number of nitrogens with one attached hydrogen (secondary N) is 1. The van der Waals surface area contributed by atoms with Crippen LogP contribution in [-0.2, 0) is 6.42 Å². The van der Waals surface area contributed by atoms with Gasteiger partial charge in [-0.2, -0.15) is 0 Å². The monoisotopic (exact) mass is 317 g/mol. The van der Waals surface area contributed by atoms with E-state index in [1.807, 2.05) is 28.7 Å². The average molecular weight is 317 g/mol. The van der Waals surface area contributed by atoms with Gasteiger partial charge in [0.25, 0.3) is 5.91 Å². The van der Waals surface area contributed by atoms with Crippen molar-refractivity contribution in [3.63, 3.8) is 0 Å². The largest absolute Gasteiger partial charge is 0.364 e. The summed E-state index contributed by atoms with van der Waals surface area (Å²) in [4.78, 5) is 22.5. The smallest absolute Gasteiger partial charge is 0.255 e. The molecular formula is C17H23N3OS. The summed E-state index contributed by atoms with van der Waals surface area (Å²) in [6.45, 7) is 4.88. The predicted molar refractivity (Wildman–Crippen MR) is 89.4 cm³/mol. The molecule has 1 aliphatic carbocycles. The molecule has 1 aliphatic rings. The number of aromatic nitrogens is 2. The van der Waals surface area contributed by atoms with Gasteiger partial charge in [-0.1, -0.05) is 6.42 Å². The Balaban J connectivity index is 1.73. The lowest BCUT2D eigenvalue weighted by molar-refractivity contribution is 0.0706. The number of amides is 1. The van der Waals surface area contributed by atoms with Crippen molar-refractivity contribution >= 4 is 17.2 Å². The first-order valence-electron chi connectivity index (χ1n) is 8.03. The first-order valence-corrected chi connectivity index (χ1v) is 8.91. The van der Waals surface area contributed by atoms with Crippen LogP contribution in [0.25, 0.3) is 0 Å². The fourth-order valence-corrected chi connectivity index (χ4v) is 3.55. The molecule has 1 amide bonds. The van der Waals surface area contributed by atoms with E-state index in [2.05, 4.69) is 23.8 Å². The SMILES string of the molecule is CC(C)N(CCc1nccs1)C(=O)c1cc[nH]c1C1CCC1. The van der Waals surface area contributed by atoms with Crippen molar-refractivity contribution in [2.75, 3.05) is 6.54 Å². The lowest BCUT2D eigenvalue weighted by atomic mass is 9.81. The van der Waals surface area contributed by atoms with E-state index < -0.39 is 0 Å². The van der Waals surface area contributed by atoms with E-state index in [0.717, 1.165) is 29.2 Å². The van der Waals surface area contributed by atoms with Gasteiger partial charge in [-0.3, -0.25) is 4.79 Å². The lowest BCUT2D eigenvalue weighted by Crippen LogP contribution is -2.39. The summed E-state index contributed by atoms with van der Waals surface area (Å²) in [6.07, 6.45) is 8.21. The molecule has 2 heterocycles. The van der Waals surface area contributed by atoms with Crippen LogP contribution >= 0.6 is 11.3 Å². The van der Waals surface area contributed by atoms with Crippen LogP contribution in [0.2, 0.25) is 0 Å². The van der Waals surface area contributed by atoms with Crippen LogP contribution in [0.3, 0.4) is 0 Å². The van der Waals surface area contributed by atoms with Crippen LogP contribution < -0.4 is 0 Å². The van der Waals surface area contributed by atoms with E-state index >= 15 is 0 Å². The number of thiazole rings is 1. The van der Waals surface area contributed by atoms with Gasteiger partial charge in [0.2, 0.25) is 0 Å². The van der Waals surface area contributed by atoms with Gasteiger partial charge in [0, 0.05) is 42.5 Å². The fourth-order valence-electron chi connectivity index (χ4n) is 2.94. The quantitative estimate of drug-likeness (QED) is 0.880. The molecule has 0 unspecified atom stereocenters. The van der Waals surface area contributed by atoms with Gasteiger partial charge in [0.1, 0.15) is 0 Å². The number of H-pyrrole nitrogens is 1. The standard InChI is InChI=1S/C17H23N3OS/c1-12(2)20(10-7-15-18-9-11-22-15)17(21)14-6-8-19-16(14)13-4-3-5-13/h6,8-9,11-13,19H,3-5,7,10H2,1-2H3. The number of carbonyl (C=O) groups excluding carboxylic acids is 1. The molecule has 3 rings (SSSR count). The van der Waals surface area contributed by atoms with Gasteiger partial charge < -0.3 is 9.88 Å². The minimum absolute atomic E-state index is 0.148. The molecule has 1 saturated carbocycles. The molecule has 2 aromatic heterocycles. The van der Waals surface area contributed by atoms with Crippen molar-refractivity contribution in [3.05, 3.63) is 40.1 Å². The highest BCUT2D eigenvalue weighted by molar-refractivity contribution is 7.09. The first kappa shape index (κ1) is 15.3. The van der Waals surface area contributed by atoms with Crippen molar-refractivity contribution in [1.82, 2.24) is 14.9 Å². The molecule has 2 aromatic rings. The van der Waals surface area contributed by atoms with Crippen LogP contribution in [0.15, 0.2) is 23.8 Å². The van der Waals surface area contributed by atoms with Crippen molar-refractivity contribution < 1.29 is 4.79 Å². The van der Waals surface area contributed by atoms with E-state index in [-0.39, 0.29) is 11.9 Å². The van der Waals surface area contributed by atoms with Gasteiger partial charge >= 0.3 is 0 Å². The molecule has 22 heavy (non-hydrogen) atoms. The molecule has 0 spiro atoms. The first-order chi connectivity index (χ1) is 10.7. The summed E-state index contributed by atoms with van der Waals surface area (Å²) in [5.41, 5.74) is 1.99. The molecule has 0 aliphatic heterocycles. The maximum atomic E-state index is 13.0. The third-order valence-corrected chi connectivity index (χ3v) is 5.30. The van der Waals surface area contributed by atoms with E-state index in [1.54, 1.807) is 11.3 Å². The number of nitrogens with zero attached hydrogens (tertiary/aromatic N) is 2. The van der Waals surface area contributed by atoms with Crippen LogP contribution in [0.1, 0.15) is 60.1 Å². The lowest BCUT2D eigenvalue weighted by Gasteiger charge is -2.29. The average Bonchev–Trinajstić information content (AvgIpc) is 3.07. The Labute approximate surface area is 135 Å². The predicted octanol–water partition coefficient (Wildman–Crippen LogP) is 3.83. The fraction of sp³-hybridized carbons (Fsp3) is 0.529. The summed E-state index contributed by atoms with van der Waals surface area (Å²) in [6, 6.07) is 2.13. The highest BCUT2D eigenvalue weighted by Gasteiger charge is 2.28. The van der Waals surface area contributed by atoms with Crippen molar-refractivity contribution in [2.45, 2.75) is 51.5 Å². The second-order valence-corrected chi connectivity index (χ2v) is 7.18. The van der Waals surface area contributed by atoms with E-state index in [4.69, 9.17) is 0 Å². The van der Waals surface area contributed by atoms with E-state index in [1.165, 1.54) is 19.3 Å². The number of aromatic amines is 1. The zero-order chi connectivity index (χ0) is 15.5. The molecule has 1 N–H and O–H groups in total. The number of hydrogen-bond donors (Lipinski definition) is 1. The van der Waals surface area contributed by atoms with Crippen molar-refractivity contribution in [1.29, 1.82) is 0 Å². The summed E-state index contributed by atoms with van der Waals surface area (Å²) in [5.74, 6) is 0.691. The second kappa shape index (κ2) is 6.65. The number of hydrogen-bond acceptors (Lipinski definition) is 3. The molecule has 0 radical (unpaired) electrons. The van der Waals surface area contributed by atoms with Gasteiger partial charge in [-0.15, -0.1) is 11.3 Å². The Morgan fingerprint density at radius 3 is 2.91 bits per heavy atom. The van der Waals surface area contributed by atoms with Gasteiger partial charge in [0.15, 0.2) is 0 Å². The Morgan fingerprint density at radius 2 is 2.32 bits per heavy atom. The Hall–Kier alpha value is -1.62. The summed E-state index contributed by atoms with van der Waals surface area (Å²) >= 11 is 1.65. The third kappa shape index (κ3) is 3.09.